The molecule has 92 valence electrons. The molecule has 0 aromatic carbocycles. The van der Waals surface area contributed by atoms with Crippen molar-refractivity contribution in [3.63, 3.8) is 0 Å². The second kappa shape index (κ2) is 4.82. The van der Waals surface area contributed by atoms with Gasteiger partial charge in [-0.05, 0) is 19.8 Å². The fraction of sp³-hybridized carbons (Fsp3) is 0.818. The first-order valence-electron chi connectivity index (χ1n) is 5.70. The highest BCUT2D eigenvalue weighted by Gasteiger charge is 2.42. The fourth-order valence-corrected chi connectivity index (χ4v) is 2.39. The van der Waals surface area contributed by atoms with E-state index in [0.717, 1.165) is 13.0 Å². The molecule has 5 heteroatoms. The maximum absolute atomic E-state index is 11.7. The molecule has 1 heterocycles. The molecule has 0 radical (unpaired) electrons. The molecule has 2 atom stereocenters. The van der Waals surface area contributed by atoms with Crippen molar-refractivity contribution in [3.8, 4) is 0 Å². The second-order valence-corrected chi connectivity index (χ2v) is 4.69. The first-order valence-corrected chi connectivity index (χ1v) is 5.70. The largest absolute Gasteiger partial charge is 0.368 e. The minimum Gasteiger partial charge on any atom is -0.368 e. The minimum absolute atomic E-state index is 0.0364. The molecule has 1 saturated heterocycles. The highest BCUT2D eigenvalue weighted by Crippen LogP contribution is 2.31. The van der Waals surface area contributed by atoms with Crippen molar-refractivity contribution < 1.29 is 9.59 Å². The maximum atomic E-state index is 11.7. The van der Waals surface area contributed by atoms with Crippen LogP contribution in [-0.2, 0) is 9.59 Å². The smallest absolute Gasteiger partial charge is 0.234 e. The van der Waals surface area contributed by atoms with Gasteiger partial charge in [-0.3, -0.25) is 14.5 Å². The molecule has 0 bridgehead atoms. The molecule has 0 aromatic heterocycles. The molecular weight excluding hydrogens is 206 g/mol. The van der Waals surface area contributed by atoms with Crippen molar-refractivity contribution in [1.82, 2.24) is 10.2 Å². The summed E-state index contributed by atoms with van der Waals surface area (Å²) in [5.41, 5.74) is 4.95. The lowest BCUT2D eigenvalue weighted by molar-refractivity contribution is -0.130. The zero-order valence-corrected chi connectivity index (χ0v) is 10.2. The second-order valence-electron chi connectivity index (χ2n) is 4.69. The van der Waals surface area contributed by atoms with E-state index in [1.54, 1.807) is 7.05 Å². The molecule has 2 unspecified atom stereocenters. The normalized spacial score (nSPS) is 27.7. The summed E-state index contributed by atoms with van der Waals surface area (Å²) in [6.45, 7) is 5.23. The number of nitrogens with one attached hydrogen (secondary N) is 1. The lowest BCUT2D eigenvalue weighted by atomic mass is 9.89. The van der Waals surface area contributed by atoms with Gasteiger partial charge in [-0.25, -0.2) is 0 Å². The number of nitrogens with zero attached hydrogens (tertiary/aromatic N) is 1. The quantitative estimate of drug-likeness (QED) is 0.693. The number of rotatable bonds is 4. The molecule has 0 aromatic rings. The van der Waals surface area contributed by atoms with E-state index >= 15 is 0 Å². The molecule has 2 amide bonds. The van der Waals surface area contributed by atoms with Crippen LogP contribution in [0.15, 0.2) is 0 Å². The minimum atomic E-state index is -0.391. The monoisotopic (exact) mass is 227 g/mol. The lowest BCUT2D eigenvalue weighted by Crippen LogP contribution is -2.46. The van der Waals surface area contributed by atoms with Crippen LogP contribution in [0.1, 0.15) is 26.7 Å². The summed E-state index contributed by atoms with van der Waals surface area (Å²) >= 11 is 0. The number of amides is 2. The van der Waals surface area contributed by atoms with Gasteiger partial charge in [0.2, 0.25) is 11.8 Å². The summed E-state index contributed by atoms with van der Waals surface area (Å²) in [6, 6.07) is -0.244. The van der Waals surface area contributed by atoms with Crippen molar-refractivity contribution in [2.45, 2.75) is 32.7 Å². The van der Waals surface area contributed by atoms with E-state index in [-0.39, 0.29) is 17.9 Å². The topological polar surface area (TPSA) is 75.4 Å². The van der Waals surface area contributed by atoms with Crippen LogP contribution >= 0.6 is 0 Å². The Kier molecular flexibility index (Phi) is 3.91. The van der Waals surface area contributed by atoms with E-state index < -0.39 is 5.41 Å². The number of hydrogen-bond acceptors (Lipinski definition) is 3. The van der Waals surface area contributed by atoms with Gasteiger partial charge < -0.3 is 11.1 Å². The third kappa shape index (κ3) is 2.35. The van der Waals surface area contributed by atoms with Gasteiger partial charge in [0.15, 0.2) is 0 Å². The summed E-state index contributed by atoms with van der Waals surface area (Å²) < 4.78 is 0. The highest BCUT2D eigenvalue weighted by molar-refractivity contribution is 5.83. The van der Waals surface area contributed by atoms with Gasteiger partial charge in [0.05, 0.1) is 11.5 Å². The van der Waals surface area contributed by atoms with Crippen molar-refractivity contribution in [2.75, 3.05) is 20.1 Å². The first-order chi connectivity index (χ1) is 7.44. The lowest BCUT2D eigenvalue weighted by Gasteiger charge is -2.26. The van der Waals surface area contributed by atoms with Crippen LogP contribution in [0.25, 0.3) is 0 Å². The summed E-state index contributed by atoms with van der Waals surface area (Å²) in [5, 5.41) is 2.67. The Balaban J connectivity index is 2.71. The number of nitrogens with two attached hydrogens (primary N) is 1. The highest BCUT2D eigenvalue weighted by atomic mass is 16.2. The average molecular weight is 227 g/mol. The predicted octanol–water partition coefficient (Wildman–Crippen LogP) is -0.292. The third-order valence-corrected chi connectivity index (χ3v) is 3.43. The van der Waals surface area contributed by atoms with Crippen LogP contribution in [0.4, 0.5) is 0 Å². The molecular formula is C11H21N3O2. The van der Waals surface area contributed by atoms with Gasteiger partial charge in [0, 0.05) is 20.1 Å². The Morgan fingerprint density at radius 3 is 2.62 bits per heavy atom. The number of carbonyl (C=O) groups is 2. The van der Waals surface area contributed by atoms with Crippen LogP contribution in [0, 0.1) is 5.41 Å². The summed E-state index contributed by atoms with van der Waals surface area (Å²) in [4.78, 5) is 25.0. The van der Waals surface area contributed by atoms with Gasteiger partial charge in [-0.1, -0.05) is 6.92 Å². The number of carbonyl (C=O) groups excluding carboxylic acids is 2. The van der Waals surface area contributed by atoms with Crippen molar-refractivity contribution in [1.29, 1.82) is 0 Å². The molecule has 0 spiro atoms. The summed E-state index contributed by atoms with van der Waals surface area (Å²) in [6.07, 6.45) is 1.47. The van der Waals surface area contributed by atoms with Crippen LogP contribution in [0.3, 0.4) is 0 Å². The van der Waals surface area contributed by atoms with Gasteiger partial charge in [0.1, 0.15) is 0 Å². The Morgan fingerprint density at radius 2 is 2.19 bits per heavy atom. The van der Waals surface area contributed by atoms with Crippen LogP contribution in [0.5, 0.6) is 0 Å². The molecule has 0 aliphatic carbocycles. The van der Waals surface area contributed by atoms with Crippen LogP contribution < -0.4 is 11.1 Å². The predicted molar refractivity (Wildman–Crippen MR) is 61.6 cm³/mol. The van der Waals surface area contributed by atoms with E-state index in [1.165, 1.54) is 0 Å². The zero-order chi connectivity index (χ0) is 12.3. The molecule has 1 fully saturated rings. The molecule has 3 N–H and O–H groups in total. The van der Waals surface area contributed by atoms with E-state index in [1.807, 2.05) is 18.7 Å². The van der Waals surface area contributed by atoms with E-state index in [4.69, 9.17) is 5.73 Å². The Morgan fingerprint density at radius 1 is 1.56 bits per heavy atom. The first kappa shape index (κ1) is 13.0. The van der Waals surface area contributed by atoms with E-state index in [2.05, 4.69) is 5.32 Å². The summed E-state index contributed by atoms with van der Waals surface area (Å²) in [7, 11) is 1.64. The van der Waals surface area contributed by atoms with E-state index in [0.29, 0.717) is 13.0 Å². The van der Waals surface area contributed by atoms with Crippen molar-refractivity contribution in [3.05, 3.63) is 0 Å². The molecule has 1 aliphatic heterocycles. The Hall–Kier alpha value is -1.10. The number of likely N-dealkylation sites (tertiary alicyclic amines) is 1. The Bertz CT molecular complexity index is 293. The Labute approximate surface area is 96.4 Å². The van der Waals surface area contributed by atoms with Gasteiger partial charge >= 0.3 is 0 Å². The third-order valence-electron chi connectivity index (χ3n) is 3.43. The molecule has 1 rings (SSSR count). The van der Waals surface area contributed by atoms with Gasteiger partial charge in [-0.15, -0.1) is 0 Å². The standard InChI is InChI=1S/C11H21N3O2/c1-4-8(9(12)15)14-6-5-11(2,7-14)10(16)13-3/h8H,4-7H2,1-3H3,(H2,12,15)(H,13,16). The average Bonchev–Trinajstić information content (AvgIpc) is 2.61. The van der Waals surface area contributed by atoms with Crippen molar-refractivity contribution >= 4 is 11.8 Å². The SMILES string of the molecule is CCC(C(N)=O)N1CCC(C)(C(=O)NC)C1. The van der Waals surface area contributed by atoms with E-state index in [9.17, 15) is 9.59 Å². The van der Waals surface area contributed by atoms with Gasteiger partial charge in [0.25, 0.3) is 0 Å². The molecule has 1 aliphatic rings. The molecule has 5 nitrogen and oxygen atoms in total. The maximum Gasteiger partial charge on any atom is 0.234 e. The molecule has 0 saturated carbocycles. The number of primary amides is 1. The van der Waals surface area contributed by atoms with Crippen LogP contribution in [-0.4, -0.2) is 42.9 Å². The molecule has 16 heavy (non-hydrogen) atoms. The van der Waals surface area contributed by atoms with Gasteiger partial charge in [-0.2, -0.15) is 0 Å². The summed E-state index contributed by atoms with van der Waals surface area (Å²) in [5.74, 6) is -0.266. The fourth-order valence-electron chi connectivity index (χ4n) is 2.39. The van der Waals surface area contributed by atoms with Crippen molar-refractivity contribution in [2.24, 2.45) is 11.1 Å². The zero-order valence-electron chi connectivity index (χ0n) is 10.2. The number of hydrogen-bond donors (Lipinski definition) is 2. The van der Waals surface area contributed by atoms with Crippen LogP contribution in [0.2, 0.25) is 0 Å².